The van der Waals surface area contributed by atoms with Gasteiger partial charge in [-0.3, -0.25) is 4.89 Å². The van der Waals surface area contributed by atoms with Crippen LogP contribution < -0.4 is 0 Å². The van der Waals surface area contributed by atoms with E-state index in [4.69, 9.17) is 0 Å². The molecule has 0 unspecified atom stereocenters. The molecule has 4 heteroatoms. The van der Waals surface area contributed by atoms with Crippen LogP contribution in [0.3, 0.4) is 0 Å². The Hall–Kier alpha value is -1.21. The van der Waals surface area contributed by atoms with E-state index in [1.165, 1.54) is 0 Å². The quantitative estimate of drug-likeness (QED) is 0.224. The Kier molecular flexibility index (Phi) is 9.99. The van der Waals surface area contributed by atoms with E-state index >= 15 is 0 Å². The molecule has 0 aliphatic rings. The first-order valence-corrected chi connectivity index (χ1v) is 5.23. The predicted octanol–water partition coefficient (Wildman–Crippen LogP) is 2.67. The van der Waals surface area contributed by atoms with Crippen LogP contribution in [0.5, 0.6) is 0 Å². The number of ether oxygens (including phenoxy) is 1. The fourth-order valence-corrected chi connectivity index (χ4v) is 0.753. The maximum atomic E-state index is 10.6. The summed E-state index contributed by atoms with van der Waals surface area (Å²) in [5.41, 5.74) is 0. The summed E-state index contributed by atoms with van der Waals surface area (Å²) in [4.78, 5) is 19.5. The van der Waals surface area contributed by atoms with Gasteiger partial charge >= 0.3 is 6.16 Å². The van der Waals surface area contributed by atoms with Crippen molar-refractivity contribution in [3.8, 4) is 11.8 Å². The second-order valence-corrected chi connectivity index (χ2v) is 2.80. The Morgan fingerprint density at radius 1 is 1.20 bits per heavy atom. The lowest BCUT2D eigenvalue weighted by Crippen LogP contribution is -2.08. The van der Waals surface area contributed by atoms with Crippen LogP contribution in [-0.4, -0.2) is 19.4 Å². The summed E-state index contributed by atoms with van der Waals surface area (Å²) < 4.78 is 4.49. The lowest BCUT2D eigenvalue weighted by molar-refractivity contribution is -0.254. The van der Waals surface area contributed by atoms with E-state index in [0.717, 1.165) is 25.7 Å². The molecule has 0 aliphatic heterocycles. The summed E-state index contributed by atoms with van der Waals surface area (Å²) in [5.74, 6) is 6.01. The molecule has 86 valence electrons. The topological polar surface area (TPSA) is 44.8 Å². The molecule has 0 atom stereocenters. The molecule has 0 aromatic carbocycles. The van der Waals surface area contributed by atoms with Gasteiger partial charge in [0.05, 0.1) is 13.2 Å². The van der Waals surface area contributed by atoms with Crippen LogP contribution in [0.2, 0.25) is 0 Å². The maximum absolute atomic E-state index is 10.6. The zero-order valence-corrected chi connectivity index (χ0v) is 9.38. The molecule has 0 radical (unpaired) electrons. The van der Waals surface area contributed by atoms with Crippen molar-refractivity contribution in [1.82, 2.24) is 0 Å². The van der Waals surface area contributed by atoms with Crippen LogP contribution in [0.1, 0.15) is 39.5 Å². The SMILES string of the molecule is CCCC#CCCCOOC(=O)OCC. The predicted molar refractivity (Wildman–Crippen MR) is 56.0 cm³/mol. The summed E-state index contributed by atoms with van der Waals surface area (Å²) in [7, 11) is 0. The van der Waals surface area contributed by atoms with Crippen LogP contribution in [0, 0.1) is 11.8 Å². The van der Waals surface area contributed by atoms with Crippen molar-refractivity contribution in [2.45, 2.75) is 39.5 Å². The van der Waals surface area contributed by atoms with Crippen LogP contribution in [0.4, 0.5) is 4.79 Å². The molecule has 0 bridgehead atoms. The Labute approximate surface area is 90.8 Å². The van der Waals surface area contributed by atoms with Crippen molar-refractivity contribution >= 4 is 6.16 Å². The smallest absolute Gasteiger partial charge is 0.433 e. The van der Waals surface area contributed by atoms with E-state index in [1.54, 1.807) is 6.92 Å². The molecule has 0 amide bonds. The van der Waals surface area contributed by atoms with Gasteiger partial charge in [0.25, 0.3) is 0 Å². The summed E-state index contributed by atoms with van der Waals surface area (Å²) in [6, 6.07) is 0. The molecule has 0 rings (SSSR count). The average Bonchev–Trinajstić information content (AvgIpc) is 2.22. The highest BCUT2D eigenvalue weighted by Gasteiger charge is 2.01. The van der Waals surface area contributed by atoms with Gasteiger partial charge in [-0.2, -0.15) is 4.89 Å². The van der Waals surface area contributed by atoms with Gasteiger partial charge < -0.3 is 4.74 Å². The molecule has 0 heterocycles. The third-order valence-corrected chi connectivity index (χ3v) is 1.42. The Morgan fingerprint density at radius 3 is 2.60 bits per heavy atom. The van der Waals surface area contributed by atoms with Crippen LogP contribution in [0.25, 0.3) is 0 Å². The van der Waals surface area contributed by atoms with Crippen LogP contribution >= 0.6 is 0 Å². The van der Waals surface area contributed by atoms with Gasteiger partial charge in [-0.05, 0) is 19.8 Å². The van der Waals surface area contributed by atoms with Crippen LogP contribution in [-0.2, 0) is 14.5 Å². The lowest BCUT2D eigenvalue weighted by atomic mass is 10.3. The van der Waals surface area contributed by atoms with E-state index in [9.17, 15) is 4.79 Å². The maximum Gasteiger partial charge on any atom is 0.540 e. The van der Waals surface area contributed by atoms with E-state index in [1.807, 2.05) is 0 Å². The van der Waals surface area contributed by atoms with Crippen molar-refractivity contribution in [1.29, 1.82) is 0 Å². The first-order valence-electron chi connectivity index (χ1n) is 5.23. The van der Waals surface area contributed by atoms with Crippen LogP contribution in [0.15, 0.2) is 0 Å². The van der Waals surface area contributed by atoms with Crippen molar-refractivity contribution in [3.63, 3.8) is 0 Å². The second-order valence-electron chi connectivity index (χ2n) is 2.80. The van der Waals surface area contributed by atoms with Gasteiger partial charge in [-0.1, -0.05) is 6.92 Å². The molecule has 0 saturated carbocycles. The molecule has 15 heavy (non-hydrogen) atoms. The molecule has 0 spiro atoms. The fourth-order valence-electron chi connectivity index (χ4n) is 0.753. The minimum absolute atomic E-state index is 0.282. The van der Waals surface area contributed by atoms with Gasteiger partial charge in [0.1, 0.15) is 0 Å². The third kappa shape index (κ3) is 10.7. The number of hydrogen-bond acceptors (Lipinski definition) is 4. The molecule has 0 fully saturated rings. The Bertz CT molecular complexity index is 214. The molecule has 4 nitrogen and oxygen atoms in total. The summed E-state index contributed by atoms with van der Waals surface area (Å²) >= 11 is 0. The average molecular weight is 214 g/mol. The number of carbonyl (C=O) groups is 1. The summed E-state index contributed by atoms with van der Waals surface area (Å²) in [6.07, 6.45) is 2.72. The zero-order valence-electron chi connectivity index (χ0n) is 9.38. The Balaban J connectivity index is 3.19. The standard InChI is InChI=1S/C11H18O4/c1-3-5-6-7-8-9-10-14-15-11(12)13-4-2/h3-5,8-10H2,1-2H3. The monoisotopic (exact) mass is 214 g/mol. The number of hydrogen-bond donors (Lipinski definition) is 0. The molecule has 0 N–H and O–H groups in total. The highest BCUT2D eigenvalue weighted by molar-refractivity contribution is 5.58. The highest BCUT2D eigenvalue weighted by Crippen LogP contribution is 1.92. The number of rotatable bonds is 6. The van der Waals surface area contributed by atoms with Gasteiger partial charge in [0.15, 0.2) is 0 Å². The Morgan fingerprint density at radius 2 is 1.93 bits per heavy atom. The third-order valence-electron chi connectivity index (χ3n) is 1.42. The number of unbranched alkanes of at least 4 members (excludes halogenated alkanes) is 2. The fraction of sp³-hybridized carbons (Fsp3) is 0.727. The molecule has 0 aliphatic carbocycles. The van der Waals surface area contributed by atoms with Crippen molar-refractivity contribution in [2.75, 3.05) is 13.2 Å². The lowest BCUT2D eigenvalue weighted by Gasteiger charge is -2.01. The first-order chi connectivity index (χ1) is 7.31. The minimum atomic E-state index is -0.797. The molecule has 0 saturated heterocycles. The zero-order chi connectivity index (χ0) is 11.4. The molecule has 0 aromatic rings. The normalized spacial score (nSPS) is 8.93. The van der Waals surface area contributed by atoms with Gasteiger partial charge in [0.2, 0.25) is 0 Å². The molecular weight excluding hydrogens is 196 g/mol. The minimum Gasteiger partial charge on any atom is -0.433 e. The van der Waals surface area contributed by atoms with Crippen molar-refractivity contribution in [2.24, 2.45) is 0 Å². The second kappa shape index (κ2) is 10.9. The highest BCUT2D eigenvalue weighted by atomic mass is 17.2. The molecular formula is C11H18O4. The summed E-state index contributed by atoms with van der Waals surface area (Å²) in [6.45, 7) is 4.42. The van der Waals surface area contributed by atoms with Gasteiger partial charge in [-0.15, -0.1) is 11.8 Å². The van der Waals surface area contributed by atoms with E-state index < -0.39 is 6.16 Å². The summed E-state index contributed by atoms with van der Waals surface area (Å²) in [5, 5.41) is 0. The first kappa shape index (κ1) is 13.8. The van der Waals surface area contributed by atoms with Crippen molar-refractivity contribution < 1.29 is 19.3 Å². The molecule has 0 aromatic heterocycles. The van der Waals surface area contributed by atoms with Gasteiger partial charge in [0, 0.05) is 12.8 Å². The van der Waals surface area contributed by atoms with E-state index in [2.05, 4.69) is 33.3 Å². The van der Waals surface area contributed by atoms with E-state index in [-0.39, 0.29) is 6.61 Å². The van der Waals surface area contributed by atoms with Crippen molar-refractivity contribution in [3.05, 3.63) is 0 Å². The van der Waals surface area contributed by atoms with E-state index in [0.29, 0.717) is 6.61 Å². The van der Waals surface area contributed by atoms with Gasteiger partial charge in [-0.25, -0.2) is 4.79 Å². The largest absolute Gasteiger partial charge is 0.540 e. The number of carbonyl (C=O) groups excluding carboxylic acids is 1.